The minimum Gasteiger partial charge on any atom is -0.393 e. The number of hydrogen-bond acceptors (Lipinski definition) is 4. The Morgan fingerprint density at radius 1 is 1.00 bits per heavy atom. The highest BCUT2D eigenvalue weighted by atomic mass is 16.3. The summed E-state index contributed by atoms with van der Waals surface area (Å²) in [4.78, 5) is 3.99. The summed E-state index contributed by atoms with van der Waals surface area (Å²) in [6, 6.07) is 0. The molecule has 0 saturated heterocycles. The van der Waals surface area contributed by atoms with E-state index < -0.39 is 12.3 Å². The van der Waals surface area contributed by atoms with Crippen LogP contribution in [0.5, 0.6) is 0 Å². The van der Waals surface area contributed by atoms with E-state index in [1.54, 1.807) is 0 Å². The molecular formula is C12H28N2O2. The van der Waals surface area contributed by atoms with Crippen molar-refractivity contribution in [1.29, 1.82) is 0 Å². The van der Waals surface area contributed by atoms with E-state index in [0.717, 1.165) is 13.1 Å². The minimum atomic E-state index is -0.563. The third-order valence-corrected chi connectivity index (χ3v) is 3.06. The number of hydrogen-bond donors (Lipinski definition) is 2. The first-order valence-corrected chi connectivity index (χ1v) is 6.22. The van der Waals surface area contributed by atoms with Crippen LogP contribution >= 0.6 is 0 Å². The van der Waals surface area contributed by atoms with Crippen LogP contribution in [0.2, 0.25) is 0 Å². The summed E-state index contributed by atoms with van der Waals surface area (Å²) >= 11 is 0. The second kappa shape index (κ2) is 8.01. The van der Waals surface area contributed by atoms with Crippen molar-refractivity contribution in [3.63, 3.8) is 0 Å². The highest BCUT2D eigenvalue weighted by Crippen LogP contribution is 2.16. The quantitative estimate of drug-likeness (QED) is 0.602. The van der Waals surface area contributed by atoms with Gasteiger partial charge < -0.3 is 15.1 Å². The van der Waals surface area contributed by atoms with Crippen LogP contribution in [0.15, 0.2) is 0 Å². The van der Waals surface area contributed by atoms with Crippen LogP contribution in [0.3, 0.4) is 0 Å². The fourth-order valence-corrected chi connectivity index (χ4v) is 2.01. The molecule has 0 aromatic heterocycles. The number of nitrogens with zero attached hydrogens (tertiary/aromatic N) is 2. The molecule has 0 rings (SSSR count). The van der Waals surface area contributed by atoms with Gasteiger partial charge in [-0.15, -0.1) is 0 Å². The standard InChI is InChI=1S/C12H28N2O2/c1-6-11(15)10(9-13(4)5)12(16)14(7-2)8-3/h10-12,15-16H,6-9H2,1-5H3. The molecule has 16 heavy (non-hydrogen) atoms. The van der Waals surface area contributed by atoms with E-state index in [1.807, 2.05) is 44.7 Å². The number of rotatable bonds is 8. The Bertz CT molecular complexity index is 172. The molecule has 98 valence electrons. The molecule has 4 nitrogen and oxygen atoms in total. The Morgan fingerprint density at radius 3 is 1.81 bits per heavy atom. The van der Waals surface area contributed by atoms with Gasteiger partial charge in [-0.1, -0.05) is 20.8 Å². The van der Waals surface area contributed by atoms with Gasteiger partial charge in [0.1, 0.15) is 6.23 Å². The normalized spacial score (nSPS) is 17.8. The lowest BCUT2D eigenvalue weighted by molar-refractivity contribution is -0.0837. The molecule has 0 aliphatic rings. The van der Waals surface area contributed by atoms with Crippen molar-refractivity contribution < 1.29 is 10.2 Å². The molecule has 0 fully saturated rings. The summed E-state index contributed by atoms with van der Waals surface area (Å²) in [5.41, 5.74) is 0. The second-order valence-electron chi connectivity index (χ2n) is 4.54. The first-order valence-electron chi connectivity index (χ1n) is 6.22. The predicted octanol–water partition coefficient (Wildman–Crippen LogP) is 0.595. The fourth-order valence-electron chi connectivity index (χ4n) is 2.01. The van der Waals surface area contributed by atoms with Crippen molar-refractivity contribution in [3.8, 4) is 0 Å². The van der Waals surface area contributed by atoms with Crippen LogP contribution in [-0.4, -0.2) is 66.1 Å². The van der Waals surface area contributed by atoms with Crippen LogP contribution in [-0.2, 0) is 0 Å². The Balaban J connectivity index is 4.59. The molecule has 3 atom stereocenters. The molecule has 0 bridgehead atoms. The predicted molar refractivity (Wildman–Crippen MR) is 67.3 cm³/mol. The van der Waals surface area contributed by atoms with E-state index in [4.69, 9.17) is 0 Å². The van der Waals surface area contributed by atoms with Crippen LogP contribution in [0.1, 0.15) is 27.2 Å². The van der Waals surface area contributed by atoms with E-state index in [9.17, 15) is 10.2 Å². The minimum absolute atomic E-state index is 0.111. The van der Waals surface area contributed by atoms with Gasteiger partial charge in [0.15, 0.2) is 0 Å². The van der Waals surface area contributed by atoms with Gasteiger partial charge in [-0.3, -0.25) is 4.90 Å². The van der Waals surface area contributed by atoms with Crippen molar-refractivity contribution >= 4 is 0 Å². The second-order valence-corrected chi connectivity index (χ2v) is 4.54. The average molecular weight is 232 g/mol. The molecule has 0 spiro atoms. The Hall–Kier alpha value is -0.160. The van der Waals surface area contributed by atoms with Gasteiger partial charge in [-0.25, -0.2) is 0 Å². The molecule has 0 aliphatic carbocycles. The van der Waals surface area contributed by atoms with Gasteiger partial charge in [0.25, 0.3) is 0 Å². The molecule has 0 aromatic carbocycles. The van der Waals surface area contributed by atoms with E-state index in [-0.39, 0.29) is 5.92 Å². The summed E-state index contributed by atoms with van der Waals surface area (Å²) in [6.07, 6.45) is -0.332. The molecule has 4 heteroatoms. The first-order chi connectivity index (χ1) is 7.47. The topological polar surface area (TPSA) is 46.9 Å². The lowest BCUT2D eigenvalue weighted by Crippen LogP contribution is -2.48. The zero-order valence-electron chi connectivity index (χ0n) is 11.3. The molecule has 0 aromatic rings. The monoisotopic (exact) mass is 232 g/mol. The van der Waals surface area contributed by atoms with Crippen molar-refractivity contribution in [1.82, 2.24) is 9.80 Å². The van der Waals surface area contributed by atoms with Gasteiger partial charge in [0.2, 0.25) is 0 Å². The summed E-state index contributed by atoms with van der Waals surface area (Å²) in [5.74, 6) is -0.111. The first kappa shape index (κ1) is 15.8. The van der Waals surface area contributed by atoms with Crippen molar-refractivity contribution in [3.05, 3.63) is 0 Å². The molecule has 0 saturated carbocycles. The Kier molecular flexibility index (Phi) is 7.93. The van der Waals surface area contributed by atoms with Gasteiger partial charge in [-0.05, 0) is 33.6 Å². The van der Waals surface area contributed by atoms with Crippen molar-refractivity contribution in [2.45, 2.75) is 39.5 Å². The summed E-state index contributed by atoms with van der Waals surface area (Å²) in [6.45, 7) is 8.31. The molecule has 0 radical (unpaired) electrons. The van der Waals surface area contributed by atoms with Gasteiger partial charge in [0, 0.05) is 12.5 Å². The maximum absolute atomic E-state index is 10.3. The van der Waals surface area contributed by atoms with Crippen LogP contribution in [0.4, 0.5) is 0 Å². The third kappa shape index (κ3) is 4.78. The summed E-state index contributed by atoms with van der Waals surface area (Å²) in [7, 11) is 3.93. The zero-order valence-corrected chi connectivity index (χ0v) is 11.3. The molecule has 3 unspecified atom stereocenters. The average Bonchev–Trinajstić information content (AvgIpc) is 2.26. The van der Waals surface area contributed by atoms with E-state index in [0.29, 0.717) is 13.0 Å². The van der Waals surface area contributed by atoms with Crippen LogP contribution < -0.4 is 0 Å². The molecule has 2 N–H and O–H groups in total. The van der Waals surface area contributed by atoms with Gasteiger partial charge in [-0.2, -0.15) is 0 Å². The molecular weight excluding hydrogens is 204 g/mol. The highest BCUT2D eigenvalue weighted by Gasteiger charge is 2.29. The maximum atomic E-state index is 10.3. The third-order valence-electron chi connectivity index (χ3n) is 3.06. The Labute approximate surface area is 99.9 Å². The maximum Gasteiger partial charge on any atom is 0.113 e. The van der Waals surface area contributed by atoms with Crippen LogP contribution in [0.25, 0.3) is 0 Å². The number of aliphatic hydroxyl groups excluding tert-OH is 2. The van der Waals surface area contributed by atoms with Crippen LogP contribution in [0, 0.1) is 5.92 Å². The molecule has 0 amide bonds. The lowest BCUT2D eigenvalue weighted by atomic mass is 9.97. The van der Waals surface area contributed by atoms with E-state index in [2.05, 4.69) is 0 Å². The summed E-state index contributed by atoms with van der Waals surface area (Å²) < 4.78 is 0. The molecule has 0 aliphatic heterocycles. The van der Waals surface area contributed by atoms with Gasteiger partial charge >= 0.3 is 0 Å². The lowest BCUT2D eigenvalue weighted by Gasteiger charge is -2.35. The smallest absolute Gasteiger partial charge is 0.113 e. The zero-order chi connectivity index (χ0) is 12.7. The van der Waals surface area contributed by atoms with Gasteiger partial charge in [0.05, 0.1) is 6.10 Å². The van der Waals surface area contributed by atoms with E-state index >= 15 is 0 Å². The molecule has 0 heterocycles. The van der Waals surface area contributed by atoms with E-state index in [1.165, 1.54) is 0 Å². The highest BCUT2D eigenvalue weighted by molar-refractivity contribution is 4.77. The fraction of sp³-hybridized carbons (Fsp3) is 1.00. The number of aliphatic hydroxyl groups is 2. The SMILES string of the molecule is CCC(O)C(CN(C)C)C(O)N(CC)CC. The summed E-state index contributed by atoms with van der Waals surface area (Å²) in [5, 5.41) is 20.2. The van der Waals surface area contributed by atoms with Crippen molar-refractivity contribution in [2.75, 3.05) is 33.7 Å². The van der Waals surface area contributed by atoms with Crippen molar-refractivity contribution in [2.24, 2.45) is 5.92 Å². The Morgan fingerprint density at radius 2 is 1.50 bits per heavy atom. The largest absolute Gasteiger partial charge is 0.393 e.